The highest BCUT2D eigenvalue weighted by Crippen LogP contribution is 2.28. The molecule has 0 unspecified atom stereocenters. The van der Waals surface area contributed by atoms with Gasteiger partial charge in [-0.1, -0.05) is 23.8 Å². The van der Waals surface area contributed by atoms with Gasteiger partial charge >= 0.3 is 0 Å². The monoisotopic (exact) mass is 384 g/mol. The van der Waals surface area contributed by atoms with Crippen LogP contribution >= 0.6 is 0 Å². The first-order valence-electron chi connectivity index (χ1n) is 9.09. The number of amides is 2. The summed E-state index contributed by atoms with van der Waals surface area (Å²) in [6.07, 6.45) is 0. The first kappa shape index (κ1) is 21.3. The SMILES string of the molecule is COc1ccc(CN(CC(=O)Nc2c(C)cc(C)cc2C)C(C)=O)cc1OC. The number of rotatable bonds is 7. The second-order valence-electron chi connectivity index (χ2n) is 6.89. The van der Waals surface area contributed by atoms with E-state index in [1.807, 2.05) is 39.0 Å². The molecule has 28 heavy (non-hydrogen) atoms. The smallest absolute Gasteiger partial charge is 0.244 e. The average molecular weight is 384 g/mol. The van der Waals surface area contributed by atoms with Crippen LogP contribution in [-0.2, 0) is 16.1 Å². The second kappa shape index (κ2) is 9.26. The third kappa shape index (κ3) is 5.25. The van der Waals surface area contributed by atoms with Crippen molar-refractivity contribution < 1.29 is 19.1 Å². The Balaban J connectivity index is 2.13. The van der Waals surface area contributed by atoms with E-state index in [0.717, 1.165) is 27.9 Å². The van der Waals surface area contributed by atoms with Gasteiger partial charge in [0.2, 0.25) is 11.8 Å². The molecular formula is C22H28N2O4. The normalized spacial score (nSPS) is 10.4. The highest BCUT2D eigenvalue weighted by Gasteiger charge is 2.17. The quantitative estimate of drug-likeness (QED) is 0.792. The van der Waals surface area contributed by atoms with Crippen LogP contribution in [0.1, 0.15) is 29.2 Å². The zero-order valence-electron chi connectivity index (χ0n) is 17.4. The molecule has 2 aromatic rings. The lowest BCUT2D eigenvalue weighted by Gasteiger charge is -2.22. The van der Waals surface area contributed by atoms with Crippen molar-refractivity contribution in [2.45, 2.75) is 34.2 Å². The van der Waals surface area contributed by atoms with Gasteiger partial charge in [0, 0.05) is 19.2 Å². The summed E-state index contributed by atoms with van der Waals surface area (Å²) in [6.45, 7) is 7.66. The number of anilines is 1. The van der Waals surface area contributed by atoms with Crippen molar-refractivity contribution in [1.29, 1.82) is 0 Å². The number of hydrogen-bond acceptors (Lipinski definition) is 4. The van der Waals surface area contributed by atoms with Crippen LogP contribution in [-0.4, -0.2) is 37.5 Å². The number of aryl methyl sites for hydroxylation is 3. The van der Waals surface area contributed by atoms with Crippen molar-refractivity contribution in [3.8, 4) is 11.5 Å². The van der Waals surface area contributed by atoms with Gasteiger partial charge in [0.15, 0.2) is 11.5 Å². The fourth-order valence-electron chi connectivity index (χ4n) is 3.21. The van der Waals surface area contributed by atoms with Gasteiger partial charge in [-0.05, 0) is 49.6 Å². The average Bonchev–Trinajstić information content (AvgIpc) is 2.63. The van der Waals surface area contributed by atoms with Crippen molar-refractivity contribution in [2.75, 3.05) is 26.1 Å². The van der Waals surface area contributed by atoms with Gasteiger partial charge in [-0.25, -0.2) is 0 Å². The van der Waals surface area contributed by atoms with Gasteiger partial charge in [-0.2, -0.15) is 0 Å². The Morgan fingerprint density at radius 3 is 2.11 bits per heavy atom. The summed E-state index contributed by atoms with van der Waals surface area (Å²) in [5.41, 5.74) is 4.79. The van der Waals surface area contributed by atoms with Crippen LogP contribution in [0.25, 0.3) is 0 Å². The van der Waals surface area contributed by atoms with Crippen molar-refractivity contribution in [2.24, 2.45) is 0 Å². The van der Waals surface area contributed by atoms with Crippen LogP contribution in [0, 0.1) is 20.8 Å². The number of benzene rings is 2. The predicted molar refractivity (Wildman–Crippen MR) is 110 cm³/mol. The number of nitrogens with one attached hydrogen (secondary N) is 1. The summed E-state index contributed by atoms with van der Waals surface area (Å²) in [4.78, 5) is 26.2. The minimum Gasteiger partial charge on any atom is -0.493 e. The lowest BCUT2D eigenvalue weighted by molar-refractivity contribution is -0.133. The molecular weight excluding hydrogens is 356 g/mol. The van der Waals surface area contributed by atoms with Crippen molar-refractivity contribution in [3.63, 3.8) is 0 Å². The van der Waals surface area contributed by atoms with Gasteiger partial charge < -0.3 is 19.7 Å². The van der Waals surface area contributed by atoms with E-state index in [4.69, 9.17) is 9.47 Å². The summed E-state index contributed by atoms with van der Waals surface area (Å²) >= 11 is 0. The zero-order valence-corrected chi connectivity index (χ0v) is 17.4. The number of carbonyl (C=O) groups excluding carboxylic acids is 2. The summed E-state index contributed by atoms with van der Waals surface area (Å²) in [7, 11) is 3.13. The minimum atomic E-state index is -0.231. The Labute approximate surface area is 166 Å². The maximum absolute atomic E-state index is 12.6. The molecule has 0 saturated heterocycles. The molecule has 1 N–H and O–H groups in total. The van der Waals surface area contributed by atoms with Gasteiger partial charge in [0.25, 0.3) is 0 Å². The molecule has 2 amide bonds. The summed E-state index contributed by atoms with van der Waals surface area (Å²) in [5, 5.41) is 2.94. The molecule has 2 aromatic carbocycles. The number of nitrogens with zero attached hydrogens (tertiary/aromatic N) is 1. The molecule has 0 radical (unpaired) electrons. The summed E-state index contributed by atoms with van der Waals surface area (Å²) in [5.74, 6) is 0.788. The van der Waals surface area contributed by atoms with E-state index in [1.165, 1.54) is 11.8 Å². The van der Waals surface area contributed by atoms with Gasteiger partial charge in [-0.3, -0.25) is 9.59 Å². The lowest BCUT2D eigenvalue weighted by atomic mass is 10.1. The highest BCUT2D eigenvalue weighted by atomic mass is 16.5. The Morgan fingerprint density at radius 2 is 1.57 bits per heavy atom. The molecule has 6 nitrogen and oxygen atoms in total. The number of ether oxygens (including phenoxy) is 2. The molecule has 0 aliphatic rings. The number of hydrogen-bond donors (Lipinski definition) is 1. The fourth-order valence-corrected chi connectivity index (χ4v) is 3.21. The summed E-state index contributed by atoms with van der Waals surface area (Å²) < 4.78 is 10.5. The first-order chi connectivity index (χ1) is 13.2. The Kier molecular flexibility index (Phi) is 7.04. The molecule has 0 aliphatic carbocycles. The van der Waals surface area contributed by atoms with Crippen LogP contribution in [0.4, 0.5) is 5.69 Å². The minimum absolute atomic E-state index is 0.0313. The predicted octanol–water partition coefficient (Wildman–Crippen LogP) is 3.62. The van der Waals surface area contributed by atoms with Crippen LogP contribution in [0.5, 0.6) is 11.5 Å². The Morgan fingerprint density at radius 1 is 0.964 bits per heavy atom. The van der Waals surface area contributed by atoms with Crippen LogP contribution < -0.4 is 14.8 Å². The van der Waals surface area contributed by atoms with E-state index >= 15 is 0 Å². The van der Waals surface area contributed by atoms with Gasteiger partial charge in [0.05, 0.1) is 14.2 Å². The topological polar surface area (TPSA) is 67.9 Å². The third-order valence-corrected chi connectivity index (χ3v) is 4.54. The fraction of sp³-hybridized carbons (Fsp3) is 0.364. The third-order valence-electron chi connectivity index (χ3n) is 4.54. The van der Waals surface area contributed by atoms with Crippen LogP contribution in [0.15, 0.2) is 30.3 Å². The molecule has 0 bridgehead atoms. The molecule has 0 fully saturated rings. The van der Waals surface area contributed by atoms with E-state index in [9.17, 15) is 9.59 Å². The molecule has 0 heterocycles. The zero-order chi connectivity index (χ0) is 20.8. The molecule has 0 aliphatic heterocycles. The van der Waals surface area contributed by atoms with E-state index in [-0.39, 0.29) is 18.4 Å². The van der Waals surface area contributed by atoms with E-state index in [2.05, 4.69) is 5.32 Å². The van der Waals surface area contributed by atoms with E-state index in [0.29, 0.717) is 18.0 Å². The number of methoxy groups -OCH3 is 2. The van der Waals surface area contributed by atoms with Crippen molar-refractivity contribution in [3.05, 3.63) is 52.6 Å². The Hall–Kier alpha value is -3.02. The highest BCUT2D eigenvalue weighted by molar-refractivity contribution is 5.95. The molecule has 0 spiro atoms. The second-order valence-corrected chi connectivity index (χ2v) is 6.89. The molecule has 0 saturated carbocycles. The largest absolute Gasteiger partial charge is 0.493 e. The van der Waals surface area contributed by atoms with Gasteiger partial charge in [-0.15, -0.1) is 0 Å². The van der Waals surface area contributed by atoms with E-state index < -0.39 is 0 Å². The van der Waals surface area contributed by atoms with E-state index in [1.54, 1.807) is 26.4 Å². The van der Waals surface area contributed by atoms with Crippen molar-refractivity contribution in [1.82, 2.24) is 4.90 Å². The van der Waals surface area contributed by atoms with Crippen LogP contribution in [0.2, 0.25) is 0 Å². The molecule has 150 valence electrons. The Bertz CT molecular complexity index is 854. The summed E-state index contributed by atoms with van der Waals surface area (Å²) in [6, 6.07) is 9.49. The molecule has 0 atom stereocenters. The first-order valence-corrected chi connectivity index (χ1v) is 9.09. The standard InChI is InChI=1S/C22H28N2O4/c1-14-9-15(2)22(16(3)10-14)23-21(26)13-24(17(4)25)12-18-7-8-19(27-5)20(11-18)28-6/h7-11H,12-13H2,1-6H3,(H,23,26). The van der Waals surface area contributed by atoms with Crippen molar-refractivity contribution >= 4 is 17.5 Å². The lowest BCUT2D eigenvalue weighted by Crippen LogP contribution is -2.36. The molecule has 6 heteroatoms. The molecule has 2 rings (SSSR count). The number of carbonyl (C=O) groups is 2. The maximum Gasteiger partial charge on any atom is 0.244 e. The van der Waals surface area contributed by atoms with Crippen LogP contribution in [0.3, 0.4) is 0 Å². The molecule has 0 aromatic heterocycles. The van der Waals surface area contributed by atoms with Gasteiger partial charge in [0.1, 0.15) is 6.54 Å². The maximum atomic E-state index is 12.6.